The number of halogens is 3. The molecular weight excluding hydrogens is 246 g/mol. The molecule has 1 heterocycles. The summed E-state index contributed by atoms with van der Waals surface area (Å²) in [4.78, 5) is 3.54. The standard InChI is InChI=1S/C11H9BF3NO2/c1-6-3-2-4-7-8(12(17)18)5-9(11(13,14)15)16-10(6)7/h2-5,17-18H,1H3. The molecule has 3 nitrogen and oxygen atoms in total. The quantitative estimate of drug-likeness (QED) is 0.754. The van der Waals surface area contributed by atoms with Gasteiger partial charge >= 0.3 is 13.3 Å². The van der Waals surface area contributed by atoms with E-state index in [1.165, 1.54) is 6.07 Å². The molecule has 0 radical (unpaired) electrons. The van der Waals surface area contributed by atoms with Crippen LogP contribution in [0.5, 0.6) is 0 Å². The summed E-state index contributed by atoms with van der Waals surface area (Å²) >= 11 is 0. The minimum Gasteiger partial charge on any atom is -0.423 e. The van der Waals surface area contributed by atoms with E-state index in [4.69, 9.17) is 10.0 Å². The highest BCUT2D eigenvalue weighted by Gasteiger charge is 2.34. The Morgan fingerprint density at radius 1 is 1.22 bits per heavy atom. The molecule has 0 bridgehead atoms. The molecule has 0 aliphatic heterocycles. The Bertz CT molecular complexity index is 599. The summed E-state index contributed by atoms with van der Waals surface area (Å²) in [5, 5.41) is 18.6. The first-order valence-corrected chi connectivity index (χ1v) is 5.14. The van der Waals surface area contributed by atoms with Crippen LogP contribution in [0.2, 0.25) is 0 Å². The number of rotatable bonds is 1. The predicted octanol–water partition coefficient (Wildman–Crippen LogP) is 1.24. The van der Waals surface area contributed by atoms with Gasteiger partial charge < -0.3 is 10.0 Å². The van der Waals surface area contributed by atoms with Crippen LogP contribution in [0.15, 0.2) is 24.3 Å². The fraction of sp³-hybridized carbons (Fsp3) is 0.182. The molecule has 18 heavy (non-hydrogen) atoms. The molecule has 0 unspecified atom stereocenters. The average molecular weight is 255 g/mol. The van der Waals surface area contributed by atoms with Crippen LogP contribution in [0, 0.1) is 6.92 Å². The predicted molar refractivity (Wildman–Crippen MR) is 61.3 cm³/mol. The summed E-state index contributed by atoms with van der Waals surface area (Å²) in [7, 11) is -1.97. The van der Waals surface area contributed by atoms with Crippen molar-refractivity contribution in [1.82, 2.24) is 4.98 Å². The normalized spacial score (nSPS) is 11.9. The molecule has 1 aromatic carbocycles. The third-order valence-corrected chi connectivity index (χ3v) is 2.64. The fourth-order valence-electron chi connectivity index (χ4n) is 1.78. The van der Waals surface area contributed by atoms with Gasteiger partial charge in [0.2, 0.25) is 0 Å². The van der Waals surface area contributed by atoms with E-state index in [2.05, 4.69) is 4.98 Å². The van der Waals surface area contributed by atoms with Gasteiger partial charge in [0.1, 0.15) is 5.69 Å². The molecule has 0 saturated carbocycles. The first-order valence-electron chi connectivity index (χ1n) is 5.14. The van der Waals surface area contributed by atoms with Gasteiger partial charge in [0.05, 0.1) is 5.52 Å². The van der Waals surface area contributed by atoms with Crippen molar-refractivity contribution < 1.29 is 23.2 Å². The number of fused-ring (bicyclic) bond motifs is 1. The number of benzene rings is 1. The first kappa shape index (κ1) is 12.9. The average Bonchev–Trinajstić information content (AvgIpc) is 2.27. The number of aromatic nitrogens is 1. The van der Waals surface area contributed by atoms with E-state index >= 15 is 0 Å². The van der Waals surface area contributed by atoms with Crippen molar-refractivity contribution in [2.75, 3.05) is 0 Å². The molecule has 7 heteroatoms. The van der Waals surface area contributed by atoms with Crippen molar-refractivity contribution in [3.05, 3.63) is 35.5 Å². The number of aryl methyl sites for hydroxylation is 1. The summed E-state index contributed by atoms with van der Waals surface area (Å²) in [6.07, 6.45) is -4.62. The van der Waals surface area contributed by atoms with E-state index in [-0.39, 0.29) is 11.0 Å². The summed E-state index contributed by atoms with van der Waals surface area (Å²) in [5.74, 6) is 0. The van der Waals surface area contributed by atoms with Crippen molar-refractivity contribution >= 4 is 23.5 Å². The van der Waals surface area contributed by atoms with Crippen LogP contribution >= 0.6 is 0 Å². The lowest BCUT2D eigenvalue weighted by atomic mass is 9.77. The van der Waals surface area contributed by atoms with Crippen LogP contribution in [-0.4, -0.2) is 22.2 Å². The second-order valence-corrected chi connectivity index (χ2v) is 3.94. The van der Waals surface area contributed by atoms with Gasteiger partial charge in [-0.25, -0.2) is 4.98 Å². The Balaban J connectivity index is 2.84. The number of alkyl halides is 3. The van der Waals surface area contributed by atoms with Crippen molar-refractivity contribution in [3.8, 4) is 0 Å². The minimum absolute atomic E-state index is 0.121. The van der Waals surface area contributed by atoms with E-state index in [1.54, 1.807) is 19.1 Å². The van der Waals surface area contributed by atoms with E-state index in [0.29, 0.717) is 17.0 Å². The fourth-order valence-corrected chi connectivity index (χ4v) is 1.78. The van der Waals surface area contributed by atoms with Crippen LogP contribution in [0.25, 0.3) is 10.9 Å². The molecule has 0 saturated heterocycles. The summed E-state index contributed by atoms with van der Waals surface area (Å²) in [5.41, 5.74) is -0.667. The molecule has 2 rings (SSSR count). The maximum absolute atomic E-state index is 12.7. The highest BCUT2D eigenvalue weighted by Crippen LogP contribution is 2.29. The molecule has 0 spiro atoms. The number of hydrogen-bond donors (Lipinski definition) is 2. The molecule has 0 amide bonds. The van der Waals surface area contributed by atoms with Crippen LogP contribution in [0.3, 0.4) is 0 Å². The molecule has 0 fully saturated rings. The van der Waals surface area contributed by atoms with Crippen molar-refractivity contribution in [1.29, 1.82) is 0 Å². The van der Waals surface area contributed by atoms with Crippen molar-refractivity contribution in [2.45, 2.75) is 13.1 Å². The number of pyridine rings is 1. The second-order valence-electron chi connectivity index (χ2n) is 3.94. The van der Waals surface area contributed by atoms with Crippen molar-refractivity contribution in [3.63, 3.8) is 0 Å². The van der Waals surface area contributed by atoms with E-state index in [0.717, 1.165) is 0 Å². The van der Waals surface area contributed by atoms with Gasteiger partial charge in [-0.3, -0.25) is 0 Å². The number of nitrogens with zero attached hydrogens (tertiary/aromatic N) is 1. The van der Waals surface area contributed by atoms with Gasteiger partial charge in [-0.2, -0.15) is 13.2 Å². The first-order chi connectivity index (χ1) is 8.30. The van der Waals surface area contributed by atoms with Gasteiger partial charge in [0.15, 0.2) is 0 Å². The zero-order valence-electron chi connectivity index (χ0n) is 9.36. The highest BCUT2D eigenvalue weighted by molar-refractivity contribution is 6.61. The minimum atomic E-state index is -4.62. The zero-order chi connectivity index (χ0) is 13.5. The maximum atomic E-state index is 12.7. The molecule has 2 N–H and O–H groups in total. The van der Waals surface area contributed by atoms with Crippen molar-refractivity contribution in [2.24, 2.45) is 0 Å². The Morgan fingerprint density at radius 3 is 2.44 bits per heavy atom. The third-order valence-electron chi connectivity index (χ3n) is 2.64. The van der Waals surface area contributed by atoms with Gasteiger partial charge in [-0.05, 0) is 24.0 Å². The van der Waals surface area contributed by atoms with E-state index in [1.807, 2.05) is 0 Å². The lowest BCUT2D eigenvalue weighted by Crippen LogP contribution is -2.32. The Labute approximate surface area is 101 Å². The van der Waals surface area contributed by atoms with Gasteiger partial charge in [0, 0.05) is 5.39 Å². The second kappa shape index (κ2) is 4.26. The molecule has 1 aromatic heterocycles. The third kappa shape index (κ3) is 2.19. The van der Waals surface area contributed by atoms with Gasteiger partial charge in [0.25, 0.3) is 0 Å². The molecular formula is C11H9BF3NO2. The van der Waals surface area contributed by atoms with Crippen LogP contribution < -0.4 is 5.46 Å². The molecule has 2 aromatic rings. The summed E-state index contributed by atoms with van der Waals surface area (Å²) < 4.78 is 38.0. The molecule has 0 aliphatic rings. The number of hydrogen-bond acceptors (Lipinski definition) is 3. The zero-order valence-corrected chi connectivity index (χ0v) is 9.36. The smallest absolute Gasteiger partial charge is 0.423 e. The van der Waals surface area contributed by atoms with Gasteiger partial charge in [-0.15, -0.1) is 0 Å². The van der Waals surface area contributed by atoms with E-state index in [9.17, 15) is 13.2 Å². The Morgan fingerprint density at radius 2 is 1.89 bits per heavy atom. The van der Waals surface area contributed by atoms with Gasteiger partial charge in [-0.1, -0.05) is 18.2 Å². The molecule has 0 aliphatic carbocycles. The highest BCUT2D eigenvalue weighted by atomic mass is 19.4. The number of para-hydroxylation sites is 1. The topological polar surface area (TPSA) is 53.4 Å². The summed E-state index contributed by atoms with van der Waals surface area (Å²) in [6.45, 7) is 1.61. The lowest BCUT2D eigenvalue weighted by Gasteiger charge is -2.12. The molecule has 0 atom stereocenters. The maximum Gasteiger partial charge on any atom is 0.489 e. The largest absolute Gasteiger partial charge is 0.489 e. The van der Waals surface area contributed by atoms with Crippen LogP contribution in [-0.2, 0) is 6.18 Å². The van der Waals surface area contributed by atoms with Crippen LogP contribution in [0.1, 0.15) is 11.3 Å². The molecule has 94 valence electrons. The Hall–Kier alpha value is -1.60. The van der Waals surface area contributed by atoms with E-state index < -0.39 is 19.0 Å². The van der Waals surface area contributed by atoms with Crippen LogP contribution in [0.4, 0.5) is 13.2 Å². The SMILES string of the molecule is Cc1cccc2c(B(O)O)cc(C(F)(F)F)nc12. The Kier molecular flexibility index (Phi) is 3.04. The monoisotopic (exact) mass is 255 g/mol. The lowest BCUT2D eigenvalue weighted by molar-refractivity contribution is -0.140. The summed E-state index contributed by atoms with van der Waals surface area (Å²) in [6, 6.07) is 5.40.